The molecule has 2 aliphatic heterocycles. The van der Waals surface area contributed by atoms with E-state index in [4.69, 9.17) is 14.2 Å². The molecule has 2 heterocycles. The average Bonchev–Trinajstić information content (AvgIpc) is 2.96. The molecular formula is C21H31NO6. The van der Waals surface area contributed by atoms with E-state index in [0.29, 0.717) is 25.2 Å². The fourth-order valence-electron chi connectivity index (χ4n) is 4.03. The Morgan fingerprint density at radius 2 is 1.75 bits per heavy atom. The van der Waals surface area contributed by atoms with Crippen molar-refractivity contribution < 1.29 is 28.6 Å². The van der Waals surface area contributed by atoms with Crippen molar-refractivity contribution in [2.45, 2.75) is 58.9 Å². The van der Waals surface area contributed by atoms with Gasteiger partial charge in [-0.25, -0.2) is 9.59 Å². The van der Waals surface area contributed by atoms with Gasteiger partial charge in [0, 0.05) is 30.3 Å². The molecule has 156 valence electrons. The van der Waals surface area contributed by atoms with Gasteiger partial charge in [-0.3, -0.25) is 4.79 Å². The monoisotopic (exact) mass is 393 g/mol. The van der Waals surface area contributed by atoms with E-state index in [-0.39, 0.29) is 42.9 Å². The van der Waals surface area contributed by atoms with E-state index in [0.717, 1.165) is 31.5 Å². The lowest BCUT2D eigenvalue weighted by Crippen LogP contribution is -2.37. The van der Waals surface area contributed by atoms with Crippen molar-refractivity contribution in [3.63, 3.8) is 0 Å². The smallest absolute Gasteiger partial charge is 0.336 e. The predicted octanol–water partition coefficient (Wildman–Crippen LogP) is 2.75. The highest BCUT2D eigenvalue weighted by Crippen LogP contribution is 2.43. The van der Waals surface area contributed by atoms with Crippen molar-refractivity contribution in [1.29, 1.82) is 0 Å². The van der Waals surface area contributed by atoms with Gasteiger partial charge in [-0.1, -0.05) is 6.08 Å². The van der Waals surface area contributed by atoms with Crippen molar-refractivity contribution in [2.75, 3.05) is 26.4 Å². The molecule has 0 N–H and O–H groups in total. The zero-order valence-corrected chi connectivity index (χ0v) is 17.1. The zero-order chi connectivity index (χ0) is 20.5. The van der Waals surface area contributed by atoms with Crippen LogP contribution in [0.4, 0.5) is 0 Å². The third-order valence-electron chi connectivity index (χ3n) is 5.06. The molecule has 2 aliphatic rings. The predicted molar refractivity (Wildman–Crippen MR) is 103 cm³/mol. The Labute approximate surface area is 166 Å². The molecule has 1 saturated heterocycles. The minimum atomic E-state index is -0.389. The summed E-state index contributed by atoms with van der Waals surface area (Å²) in [6.45, 7) is 7.03. The molecule has 2 atom stereocenters. The number of ether oxygens (including phenoxy) is 3. The van der Waals surface area contributed by atoms with Gasteiger partial charge in [-0.15, -0.1) is 0 Å². The number of nitrogens with zero attached hydrogens (tertiary/aromatic N) is 1. The largest absolute Gasteiger partial charge is 0.466 e. The maximum absolute atomic E-state index is 12.7. The Kier molecular flexibility index (Phi) is 8.54. The normalized spacial score (nSPS) is 21.6. The van der Waals surface area contributed by atoms with E-state index < -0.39 is 0 Å². The van der Waals surface area contributed by atoms with Crippen LogP contribution in [0.15, 0.2) is 23.4 Å². The van der Waals surface area contributed by atoms with E-state index in [9.17, 15) is 14.4 Å². The highest BCUT2D eigenvalue weighted by atomic mass is 16.5. The zero-order valence-electron chi connectivity index (χ0n) is 17.1. The summed E-state index contributed by atoms with van der Waals surface area (Å²) < 4.78 is 15.4. The second-order valence-electron chi connectivity index (χ2n) is 6.80. The van der Waals surface area contributed by atoms with Crippen LogP contribution >= 0.6 is 0 Å². The molecule has 0 bridgehead atoms. The number of carbonyl (C=O) groups excluding carboxylic acids is 3. The Morgan fingerprint density at radius 3 is 2.43 bits per heavy atom. The van der Waals surface area contributed by atoms with Gasteiger partial charge in [0.15, 0.2) is 0 Å². The van der Waals surface area contributed by atoms with Crippen LogP contribution in [0.5, 0.6) is 0 Å². The third kappa shape index (κ3) is 5.36. The topological polar surface area (TPSA) is 82.1 Å². The number of fused-ring (bicyclic) bond motifs is 1. The molecule has 0 aromatic carbocycles. The number of carbonyl (C=O) groups is 3. The lowest BCUT2D eigenvalue weighted by molar-refractivity contribution is -0.144. The first kappa shape index (κ1) is 22.0. The van der Waals surface area contributed by atoms with Crippen molar-refractivity contribution in [3.8, 4) is 0 Å². The van der Waals surface area contributed by atoms with Crippen molar-refractivity contribution in [2.24, 2.45) is 5.92 Å². The molecule has 0 aromatic heterocycles. The summed E-state index contributed by atoms with van der Waals surface area (Å²) in [5.74, 6) is -1.37. The summed E-state index contributed by atoms with van der Waals surface area (Å²) in [6.07, 6.45) is 6.68. The van der Waals surface area contributed by atoms with Gasteiger partial charge < -0.3 is 19.1 Å². The van der Waals surface area contributed by atoms with Gasteiger partial charge in [0.25, 0.3) is 0 Å². The van der Waals surface area contributed by atoms with Crippen LogP contribution < -0.4 is 0 Å². The van der Waals surface area contributed by atoms with E-state index in [1.54, 1.807) is 26.8 Å². The minimum Gasteiger partial charge on any atom is -0.466 e. The van der Waals surface area contributed by atoms with Crippen LogP contribution in [-0.2, 0) is 28.6 Å². The summed E-state index contributed by atoms with van der Waals surface area (Å²) in [4.78, 5) is 38.8. The molecule has 0 unspecified atom stereocenters. The van der Waals surface area contributed by atoms with Gasteiger partial charge in [0.2, 0.25) is 0 Å². The molecule has 7 heteroatoms. The number of allylic oxidation sites excluding steroid dienone is 1. The molecule has 0 aliphatic carbocycles. The first-order valence-corrected chi connectivity index (χ1v) is 10.2. The van der Waals surface area contributed by atoms with Gasteiger partial charge in [0.05, 0.1) is 31.8 Å². The van der Waals surface area contributed by atoms with Crippen LogP contribution in [-0.4, -0.2) is 55.2 Å². The molecule has 0 aromatic rings. The summed E-state index contributed by atoms with van der Waals surface area (Å²) >= 11 is 0. The van der Waals surface area contributed by atoms with Gasteiger partial charge in [-0.05, 0) is 46.5 Å². The molecule has 0 radical (unpaired) electrons. The quantitative estimate of drug-likeness (QED) is 0.338. The lowest BCUT2D eigenvalue weighted by Gasteiger charge is -2.34. The first-order chi connectivity index (χ1) is 13.5. The number of rotatable bonds is 9. The SMILES string of the molecule is CCOC(=O)/C=C/C[C@H]1[C@H](CC(=O)OCC)C(C(=O)OCC)=C2CCCCN21. The molecule has 1 fully saturated rings. The van der Waals surface area contributed by atoms with Crippen LogP contribution in [0.3, 0.4) is 0 Å². The standard InChI is InChI=1S/C21H31NO6/c1-4-26-18(23)12-9-11-16-15(14-19(24)27-5-2)20(21(25)28-6-3)17-10-7-8-13-22(16)17/h9,12,15-16H,4-8,10-11,13-14H2,1-3H3/b12-9+/t15-,16-/m0/s1. The molecular weight excluding hydrogens is 362 g/mol. The van der Waals surface area contributed by atoms with E-state index >= 15 is 0 Å². The third-order valence-corrected chi connectivity index (χ3v) is 5.06. The fourth-order valence-corrected chi connectivity index (χ4v) is 4.03. The summed E-state index contributed by atoms with van der Waals surface area (Å²) in [5, 5.41) is 0. The van der Waals surface area contributed by atoms with Crippen LogP contribution in [0.1, 0.15) is 52.9 Å². The van der Waals surface area contributed by atoms with Gasteiger partial charge in [0.1, 0.15) is 0 Å². The number of piperidine rings is 1. The highest BCUT2D eigenvalue weighted by Gasteiger charge is 2.45. The molecule has 2 rings (SSSR count). The number of hydrogen-bond donors (Lipinski definition) is 0. The van der Waals surface area contributed by atoms with E-state index in [1.807, 2.05) is 0 Å². The van der Waals surface area contributed by atoms with Gasteiger partial charge in [-0.2, -0.15) is 0 Å². The Balaban J connectivity index is 2.28. The van der Waals surface area contributed by atoms with Crippen molar-refractivity contribution in [1.82, 2.24) is 4.90 Å². The molecule has 0 saturated carbocycles. The maximum atomic E-state index is 12.7. The van der Waals surface area contributed by atoms with Gasteiger partial charge >= 0.3 is 17.9 Å². The second-order valence-corrected chi connectivity index (χ2v) is 6.80. The first-order valence-electron chi connectivity index (χ1n) is 10.2. The summed E-state index contributed by atoms with van der Waals surface area (Å²) in [5.41, 5.74) is 1.58. The molecule has 0 amide bonds. The van der Waals surface area contributed by atoms with Crippen LogP contribution in [0, 0.1) is 5.92 Å². The Morgan fingerprint density at radius 1 is 1.04 bits per heavy atom. The number of hydrogen-bond acceptors (Lipinski definition) is 7. The molecule has 7 nitrogen and oxygen atoms in total. The second kappa shape index (κ2) is 10.9. The van der Waals surface area contributed by atoms with Crippen LogP contribution in [0.25, 0.3) is 0 Å². The summed E-state index contributed by atoms with van der Waals surface area (Å²) in [7, 11) is 0. The average molecular weight is 393 g/mol. The van der Waals surface area contributed by atoms with E-state index in [1.165, 1.54) is 6.08 Å². The van der Waals surface area contributed by atoms with Crippen molar-refractivity contribution in [3.05, 3.63) is 23.4 Å². The minimum absolute atomic E-state index is 0.0789. The fraction of sp³-hybridized carbons (Fsp3) is 0.667. The maximum Gasteiger partial charge on any atom is 0.336 e. The molecule has 0 spiro atoms. The van der Waals surface area contributed by atoms with Crippen LogP contribution in [0.2, 0.25) is 0 Å². The van der Waals surface area contributed by atoms with E-state index in [2.05, 4.69) is 4.90 Å². The number of esters is 3. The lowest BCUT2D eigenvalue weighted by atomic mass is 9.88. The Bertz CT molecular complexity index is 639. The van der Waals surface area contributed by atoms with Crippen molar-refractivity contribution >= 4 is 17.9 Å². The molecule has 28 heavy (non-hydrogen) atoms. The summed E-state index contributed by atoms with van der Waals surface area (Å²) in [6, 6.07) is -0.0789. The highest BCUT2D eigenvalue weighted by molar-refractivity contribution is 5.92. The Hall–Kier alpha value is -2.31.